The van der Waals surface area contributed by atoms with E-state index in [1.807, 2.05) is 20.8 Å². The first-order valence-electron chi connectivity index (χ1n) is 13.4. The average molecular weight is 631 g/mol. The van der Waals surface area contributed by atoms with Gasteiger partial charge in [0.25, 0.3) is 0 Å². The van der Waals surface area contributed by atoms with Crippen molar-refractivity contribution >= 4 is 40.8 Å². The van der Waals surface area contributed by atoms with Crippen LogP contribution in [-0.4, -0.2) is 38.2 Å². The average Bonchev–Trinajstić information content (AvgIpc) is 3.26. The molecule has 43 heavy (non-hydrogen) atoms. The first kappa shape index (κ1) is 32.2. The number of anilines is 1. The van der Waals surface area contributed by atoms with E-state index >= 15 is 8.78 Å². The number of benzene rings is 3. The predicted molar refractivity (Wildman–Crippen MR) is 161 cm³/mol. The molecule has 0 aromatic heterocycles. The van der Waals surface area contributed by atoms with E-state index in [4.69, 9.17) is 32.7 Å². The molecule has 2 N–H and O–H groups in total. The Balaban J connectivity index is 1.91. The van der Waals surface area contributed by atoms with Crippen LogP contribution in [0.1, 0.15) is 54.6 Å². The second kappa shape index (κ2) is 12.5. The molecule has 4 rings (SSSR count). The molecule has 1 saturated heterocycles. The molecule has 1 amide bonds. The minimum absolute atomic E-state index is 0.0221. The van der Waals surface area contributed by atoms with Gasteiger partial charge in [0, 0.05) is 34.3 Å². The molecule has 3 aromatic rings. The van der Waals surface area contributed by atoms with Gasteiger partial charge in [-0.05, 0) is 47.7 Å². The molecule has 0 bridgehead atoms. The van der Waals surface area contributed by atoms with Gasteiger partial charge in [-0.15, -0.1) is 0 Å². The number of ether oxygens (including phenoxy) is 2. The van der Waals surface area contributed by atoms with Crippen molar-refractivity contribution in [1.82, 2.24) is 5.32 Å². The number of nitriles is 1. The second-order valence-corrected chi connectivity index (χ2v) is 12.4. The fraction of sp³-hybridized carbons (Fsp3) is 0.344. The van der Waals surface area contributed by atoms with Gasteiger partial charge < -0.3 is 20.1 Å². The molecule has 1 aliphatic heterocycles. The van der Waals surface area contributed by atoms with Crippen molar-refractivity contribution < 1.29 is 27.8 Å². The monoisotopic (exact) mass is 629 g/mol. The summed E-state index contributed by atoms with van der Waals surface area (Å²) in [6.45, 7) is 5.85. The summed E-state index contributed by atoms with van der Waals surface area (Å²) in [5.74, 6) is -3.90. The Morgan fingerprint density at radius 3 is 2.42 bits per heavy atom. The maximum atomic E-state index is 15.8. The van der Waals surface area contributed by atoms with Gasteiger partial charge in [0.15, 0.2) is 0 Å². The Morgan fingerprint density at radius 1 is 1.09 bits per heavy atom. The SMILES string of the molecule is COC(=O)c1ccc(NC(=O)[C@@H]2NC(CC(C)(C)C)[C@](C#N)(c3ccc(Cl)cc3F)C2c2cccc(Cl)c2F)cc1OC. The molecule has 1 aliphatic rings. The number of carbonyl (C=O) groups is 2. The van der Waals surface area contributed by atoms with E-state index in [0.717, 1.165) is 6.07 Å². The third-order valence-corrected chi connectivity index (χ3v) is 8.13. The van der Waals surface area contributed by atoms with Gasteiger partial charge in [0.2, 0.25) is 5.91 Å². The molecule has 3 aromatic carbocycles. The zero-order valence-electron chi connectivity index (χ0n) is 24.2. The van der Waals surface area contributed by atoms with Crippen molar-refractivity contribution in [2.75, 3.05) is 19.5 Å². The molecule has 226 valence electrons. The minimum atomic E-state index is -1.76. The number of hydrogen-bond donors (Lipinski definition) is 2. The lowest BCUT2D eigenvalue weighted by Gasteiger charge is -2.37. The largest absolute Gasteiger partial charge is 0.496 e. The van der Waals surface area contributed by atoms with Crippen LogP contribution in [0.15, 0.2) is 54.6 Å². The van der Waals surface area contributed by atoms with E-state index in [0.29, 0.717) is 6.42 Å². The molecule has 4 atom stereocenters. The predicted octanol–water partition coefficient (Wildman–Crippen LogP) is 7.03. The molecule has 0 aliphatic carbocycles. The summed E-state index contributed by atoms with van der Waals surface area (Å²) in [6.07, 6.45) is 0.326. The van der Waals surface area contributed by atoms with Crippen LogP contribution in [0.5, 0.6) is 5.75 Å². The minimum Gasteiger partial charge on any atom is -0.496 e. The summed E-state index contributed by atoms with van der Waals surface area (Å²) in [6, 6.07) is 12.9. The highest BCUT2D eigenvalue weighted by molar-refractivity contribution is 6.31. The fourth-order valence-corrected chi connectivity index (χ4v) is 6.17. The number of carbonyl (C=O) groups excluding carboxylic acids is 2. The van der Waals surface area contributed by atoms with Crippen molar-refractivity contribution in [3.8, 4) is 11.8 Å². The topological polar surface area (TPSA) is 100 Å². The van der Waals surface area contributed by atoms with Gasteiger partial charge in [0.05, 0.1) is 31.4 Å². The van der Waals surface area contributed by atoms with Gasteiger partial charge in [-0.25, -0.2) is 13.6 Å². The van der Waals surface area contributed by atoms with Crippen LogP contribution in [0.3, 0.4) is 0 Å². The van der Waals surface area contributed by atoms with E-state index in [9.17, 15) is 14.9 Å². The van der Waals surface area contributed by atoms with Crippen LogP contribution in [0.2, 0.25) is 10.0 Å². The third-order valence-electron chi connectivity index (χ3n) is 7.61. The number of amides is 1. The summed E-state index contributed by atoms with van der Waals surface area (Å²) < 4.78 is 41.7. The van der Waals surface area contributed by atoms with Gasteiger partial charge in [-0.3, -0.25) is 4.79 Å². The van der Waals surface area contributed by atoms with E-state index in [1.54, 1.807) is 0 Å². The molecule has 1 heterocycles. The van der Waals surface area contributed by atoms with Crippen molar-refractivity contribution in [2.24, 2.45) is 5.41 Å². The summed E-state index contributed by atoms with van der Waals surface area (Å²) in [7, 11) is 2.60. The van der Waals surface area contributed by atoms with E-state index in [1.165, 1.54) is 62.8 Å². The molecule has 0 saturated carbocycles. The Labute approximate surface area is 259 Å². The third kappa shape index (κ3) is 6.19. The van der Waals surface area contributed by atoms with Crippen LogP contribution in [0.25, 0.3) is 0 Å². The van der Waals surface area contributed by atoms with E-state index < -0.39 is 46.9 Å². The molecule has 0 spiro atoms. The summed E-state index contributed by atoms with van der Waals surface area (Å²) in [5, 5.41) is 16.9. The van der Waals surface area contributed by atoms with Crippen molar-refractivity contribution in [3.63, 3.8) is 0 Å². The first-order valence-corrected chi connectivity index (χ1v) is 14.2. The van der Waals surface area contributed by atoms with Gasteiger partial charge >= 0.3 is 5.97 Å². The fourth-order valence-electron chi connectivity index (χ4n) is 5.82. The quantitative estimate of drug-likeness (QED) is 0.272. The zero-order valence-corrected chi connectivity index (χ0v) is 25.7. The maximum Gasteiger partial charge on any atom is 0.341 e. The van der Waals surface area contributed by atoms with Gasteiger partial charge in [0.1, 0.15) is 28.4 Å². The number of halogens is 4. The van der Waals surface area contributed by atoms with Crippen LogP contribution >= 0.6 is 23.2 Å². The van der Waals surface area contributed by atoms with Crippen LogP contribution in [0.4, 0.5) is 14.5 Å². The second-order valence-electron chi connectivity index (χ2n) is 11.6. The lowest BCUT2D eigenvalue weighted by Crippen LogP contribution is -2.45. The van der Waals surface area contributed by atoms with E-state index in [-0.39, 0.29) is 43.6 Å². The lowest BCUT2D eigenvalue weighted by atomic mass is 9.62. The molecular weight excluding hydrogens is 599 g/mol. The Kier molecular flexibility index (Phi) is 9.36. The highest BCUT2D eigenvalue weighted by Crippen LogP contribution is 2.53. The maximum absolute atomic E-state index is 15.8. The molecule has 2 unspecified atom stereocenters. The number of nitrogens with one attached hydrogen (secondary N) is 2. The Hall–Kier alpha value is -3.71. The van der Waals surface area contributed by atoms with E-state index in [2.05, 4.69) is 16.7 Å². The lowest BCUT2D eigenvalue weighted by molar-refractivity contribution is -0.118. The summed E-state index contributed by atoms with van der Waals surface area (Å²) in [4.78, 5) is 26.2. The van der Waals surface area contributed by atoms with Crippen molar-refractivity contribution in [2.45, 2.75) is 50.6 Å². The summed E-state index contributed by atoms with van der Waals surface area (Å²) in [5.41, 5.74) is -1.78. The highest BCUT2D eigenvalue weighted by atomic mass is 35.5. The number of nitrogens with zero attached hydrogens (tertiary/aromatic N) is 1. The van der Waals surface area contributed by atoms with Crippen molar-refractivity contribution in [3.05, 3.63) is 93.0 Å². The number of rotatable bonds is 7. The molecule has 1 fully saturated rings. The normalized spacial score (nSPS) is 21.6. The molecule has 0 radical (unpaired) electrons. The van der Waals surface area contributed by atoms with Crippen LogP contribution in [0, 0.1) is 28.4 Å². The molecular formula is C32H31Cl2F2N3O4. The van der Waals surface area contributed by atoms with Gasteiger partial charge in [-0.2, -0.15) is 5.26 Å². The number of hydrogen-bond acceptors (Lipinski definition) is 6. The zero-order chi connectivity index (χ0) is 31.7. The van der Waals surface area contributed by atoms with Crippen LogP contribution < -0.4 is 15.4 Å². The molecule has 11 heteroatoms. The highest BCUT2D eigenvalue weighted by Gasteiger charge is 2.61. The standard InChI is InChI=1S/C32H31Cl2F2N3O4/c1-31(2,3)15-25-32(16-37,21-12-9-17(33)13-23(21)35)26(20-7-6-8-22(34)27(20)36)28(39-25)29(40)38-18-10-11-19(30(41)43-5)24(14-18)42-4/h6-14,25-26,28,39H,15H2,1-5H3,(H,38,40)/t25?,26?,28-,32+/m1/s1. The Morgan fingerprint density at radius 2 is 1.81 bits per heavy atom. The number of methoxy groups -OCH3 is 2. The first-order chi connectivity index (χ1) is 20.3. The van der Waals surface area contributed by atoms with Crippen LogP contribution in [-0.2, 0) is 14.9 Å². The Bertz CT molecular complexity index is 1600. The van der Waals surface area contributed by atoms with Crippen molar-refractivity contribution in [1.29, 1.82) is 5.26 Å². The summed E-state index contributed by atoms with van der Waals surface area (Å²) >= 11 is 12.3. The molecule has 7 nitrogen and oxygen atoms in total. The smallest absolute Gasteiger partial charge is 0.341 e. The van der Waals surface area contributed by atoms with Gasteiger partial charge in [-0.1, -0.05) is 62.2 Å². The number of esters is 1.